The van der Waals surface area contributed by atoms with Gasteiger partial charge < -0.3 is 15.0 Å². The quantitative estimate of drug-likeness (QED) is 0.816. The summed E-state index contributed by atoms with van der Waals surface area (Å²) in [6.07, 6.45) is 9.92. The zero-order chi connectivity index (χ0) is 12.1. The molecule has 4 nitrogen and oxygen atoms in total. The van der Waals surface area contributed by atoms with Crippen LogP contribution in [0.5, 0.6) is 0 Å². The highest BCUT2D eigenvalue weighted by atomic mass is 16.5. The third-order valence-electron chi connectivity index (χ3n) is 3.59. The summed E-state index contributed by atoms with van der Waals surface area (Å²) in [6, 6.07) is 0.204. The van der Waals surface area contributed by atoms with Crippen molar-refractivity contribution in [3.05, 3.63) is 18.2 Å². The summed E-state index contributed by atoms with van der Waals surface area (Å²) < 4.78 is 8.09. The first-order valence-electron chi connectivity index (χ1n) is 6.67. The summed E-state index contributed by atoms with van der Waals surface area (Å²) in [5.74, 6) is 0. The van der Waals surface area contributed by atoms with Gasteiger partial charge in [-0.25, -0.2) is 4.98 Å². The van der Waals surface area contributed by atoms with E-state index in [9.17, 15) is 0 Å². The van der Waals surface area contributed by atoms with Crippen LogP contribution in [0.3, 0.4) is 0 Å². The van der Waals surface area contributed by atoms with Crippen LogP contribution in [0.2, 0.25) is 0 Å². The molecule has 1 saturated carbocycles. The van der Waals surface area contributed by atoms with Crippen LogP contribution in [-0.2, 0) is 17.9 Å². The number of ether oxygens (including phenoxy) is 1. The van der Waals surface area contributed by atoms with Gasteiger partial charge in [-0.1, -0.05) is 19.3 Å². The molecule has 0 amide bonds. The molecule has 1 fully saturated rings. The first kappa shape index (κ1) is 12.6. The molecular weight excluding hydrogens is 214 g/mol. The Kier molecular flexibility index (Phi) is 4.57. The van der Waals surface area contributed by atoms with E-state index in [4.69, 9.17) is 10.5 Å². The Balaban J connectivity index is 1.88. The second-order valence-corrected chi connectivity index (χ2v) is 4.82. The molecule has 0 aliphatic heterocycles. The second-order valence-electron chi connectivity index (χ2n) is 4.82. The molecule has 1 heterocycles. The van der Waals surface area contributed by atoms with Gasteiger partial charge in [0.2, 0.25) is 0 Å². The van der Waals surface area contributed by atoms with Gasteiger partial charge in [0.15, 0.2) is 0 Å². The zero-order valence-electron chi connectivity index (χ0n) is 10.6. The van der Waals surface area contributed by atoms with Gasteiger partial charge in [-0.3, -0.25) is 0 Å². The van der Waals surface area contributed by atoms with Crippen molar-refractivity contribution in [3.8, 4) is 0 Å². The number of imidazole rings is 1. The maximum Gasteiger partial charge on any atom is 0.0948 e. The number of aromatic nitrogens is 2. The lowest BCUT2D eigenvalue weighted by Crippen LogP contribution is -2.35. The molecule has 0 saturated heterocycles. The molecular formula is C13H23N3O. The van der Waals surface area contributed by atoms with Crippen molar-refractivity contribution in [2.75, 3.05) is 0 Å². The minimum absolute atomic E-state index is 0.204. The summed E-state index contributed by atoms with van der Waals surface area (Å²) in [5.41, 5.74) is 7.28. The van der Waals surface area contributed by atoms with Gasteiger partial charge >= 0.3 is 0 Å². The van der Waals surface area contributed by atoms with Crippen molar-refractivity contribution < 1.29 is 4.74 Å². The minimum atomic E-state index is 0.204. The zero-order valence-corrected chi connectivity index (χ0v) is 10.6. The Hall–Kier alpha value is -0.870. The maximum atomic E-state index is 6.14. The van der Waals surface area contributed by atoms with Crippen molar-refractivity contribution in [1.29, 1.82) is 0 Å². The standard InChI is InChI=1S/C13H23N3O/c1-2-16-10-15-8-11(16)9-17-13-7-5-3-4-6-12(13)14/h8,10,12-13H,2-7,9,14H2,1H3. The fourth-order valence-corrected chi connectivity index (χ4v) is 2.45. The van der Waals surface area contributed by atoms with Crippen LogP contribution in [0.15, 0.2) is 12.5 Å². The molecule has 2 unspecified atom stereocenters. The van der Waals surface area contributed by atoms with Crippen LogP contribution in [0.25, 0.3) is 0 Å². The number of nitrogens with two attached hydrogens (primary N) is 1. The highest BCUT2D eigenvalue weighted by Crippen LogP contribution is 2.20. The molecule has 0 bridgehead atoms. The number of aryl methyl sites for hydroxylation is 1. The van der Waals surface area contributed by atoms with E-state index in [1.165, 1.54) is 19.3 Å². The van der Waals surface area contributed by atoms with Crippen LogP contribution in [0.4, 0.5) is 0 Å². The fourth-order valence-electron chi connectivity index (χ4n) is 2.45. The number of hydrogen-bond donors (Lipinski definition) is 1. The Bertz CT molecular complexity index is 337. The van der Waals surface area contributed by atoms with E-state index >= 15 is 0 Å². The van der Waals surface area contributed by atoms with Crippen molar-refractivity contribution in [2.24, 2.45) is 5.73 Å². The van der Waals surface area contributed by atoms with E-state index in [-0.39, 0.29) is 12.1 Å². The molecule has 17 heavy (non-hydrogen) atoms. The smallest absolute Gasteiger partial charge is 0.0948 e. The fraction of sp³-hybridized carbons (Fsp3) is 0.769. The van der Waals surface area contributed by atoms with Crippen LogP contribution in [0, 0.1) is 0 Å². The molecule has 0 radical (unpaired) electrons. The van der Waals surface area contributed by atoms with Crippen LogP contribution in [0.1, 0.15) is 44.7 Å². The van der Waals surface area contributed by atoms with Gasteiger partial charge in [-0.2, -0.15) is 0 Å². The summed E-state index contributed by atoms with van der Waals surface area (Å²) in [7, 11) is 0. The van der Waals surface area contributed by atoms with Gasteiger partial charge in [0.1, 0.15) is 0 Å². The average molecular weight is 237 g/mol. The summed E-state index contributed by atoms with van der Waals surface area (Å²) >= 11 is 0. The predicted octanol–water partition coefficient (Wildman–Crippen LogP) is 2.08. The van der Waals surface area contributed by atoms with Gasteiger partial charge in [0.05, 0.1) is 30.9 Å². The minimum Gasteiger partial charge on any atom is -0.370 e. The van der Waals surface area contributed by atoms with E-state index in [0.717, 1.165) is 25.1 Å². The van der Waals surface area contributed by atoms with Crippen molar-refractivity contribution in [2.45, 2.75) is 64.3 Å². The molecule has 1 aliphatic carbocycles. The lowest BCUT2D eigenvalue weighted by Gasteiger charge is -2.22. The SMILES string of the molecule is CCn1cncc1COC1CCCCCC1N. The lowest BCUT2D eigenvalue weighted by atomic mass is 10.1. The van der Waals surface area contributed by atoms with E-state index in [2.05, 4.69) is 16.5 Å². The Labute approximate surface area is 103 Å². The highest BCUT2D eigenvalue weighted by molar-refractivity contribution is 4.96. The largest absolute Gasteiger partial charge is 0.370 e. The van der Waals surface area contributed by atoms with Gasteiger partial charge in [0.25, 0.3) is 0 Å². The molecule has 4 heteroatoms. The first-order valence-corrected chi connectivity index (χ1v) is 6.67. The third-order valence-corrected chi connectivity index (χ3v) is 3.59. The second kappa shape index (κ2) is 6.17. The Morgan fingerprint density at radius 3 is 3.06 bits per heavy atom. The van der Waals surface area contributed by atoms with E-state index in [1.54, 1.807) is 0 Å². The Morgan fingerprint density at radius 1 is 1.41 bits per heavy atom. The lowest BCUT2D eigenvalue weighted by molar-refractivity contribution is 0.0165. The van der Waals surface area contributed by atoms with Crippen molar-refractivity contribution in [3.63, 3.8) is 0 Å². The van der Waals surface area contributed by atoms with E-state index in [0.29, 0.717) is 6.61 Å². The average Bonchev–Trinajstić information content (AvgIpc) is 2.70. The highest BCUT2D eigenvalue weighted by Gasteiger charge is 2.21. The third kappa shape index (κ3) is 3.30. The number of nitrogens with zero attached hydrogens (tertiary/aromatic N) is 2. The molecule has 2 rings (SSSR count). The molecule has 0 spiro atoms. The first-order chi connectivity index (χ1) is 8.31. The monoisotopic (exact) mass is 237 g/mol. The summed E-state index contributed by atoms with van der Waals surface area (Å²) in [6.45, 7) is 3.68. The van der Waals surface area contributed by atoms with Crippen molar-refractivity contribution in [1.82, 2.24) is 9.55 Å². The molecule has 1 aromatic rings. The molecule has 2 N–H and O–H groups in total. The van der Waals surface area contributed by atoms with E-state index in [1.807, 2.05) is 12.5 Å². The van der Waals surface area contributed by atoms with Gasteiger partial charge in [-0.05, 0) is 19.8 Å². The molecule has 96 valence electrons. The van der Waals surface area contributed by atoms with Crippen LogP contribution in [-0.4, -0.2) is 21.7 Å². The maximum absolute atomic E-state index is 6.14. The van der Waals surface area contributed by atoms with Gasteiger partial charge in [-0.15, -0.1) is 0 Å². The number of rotatable bonds is 4. The summed E-state index contributed by atoms with van der Waals surface area (Å²) in [5, 5.41) is 0. The molecule has 1 aromatic heterocycles. The van der Waals surface area contributed by atoms with Crippen molar-refractivity contribution >= 4 is 0 Å². The Morgan fingerprint density at radius 2 is 2.24 bits per heavy atom. The molecule has 1 aliphatic rings. The van der Waals surface area contributed by atoms with Crippen LogP contribution >= 0.6 is 0 Å². The summed E-state index contributed by atoms with van der Waals surface area (Å²) in [4.78, 5) is 4.15. The predicted molar refractivity (Wildman–Crippen MR) is 67.5 cm³/mol. The number of hydrogen-bond acceptors (Lipinski definition) is 3. The molecule has 2 atom stereocenters. The van der Waals surface area contributed by atoms with Crippen LogP contribution < -0.4 is 5.73 Å². The molecule has 0 aromatic carbocycles. The van der Waals surface area contributed by atoms with Gasteiger partial charge in [0, 0.05) is 12.6 Å². The topological polar surface area (TPSA) is 53.1 Å². The van der Waals surface area contributed by atoms with E-state index < -0.39 is 0 Å². The normalized spacial score (nSPS) is 25.8.